The van der Waals surface area contributed by atoms with Gasteiger partial charge in [0, 0.05) is 12.3 Å². The van der Waals surface area contributed by atoms with Crippen LogP contribution in [0.2, 0.25) is 0 Å². The summed E-state index contributed by atoms with van der Waals surface area (Å²) in [6, 6.07) is 0. The van der Waals surface area contributed by atoms with Crippen LogP contribution in [0.4, 0.5) is 0 Å². The molecule has 0 radical (unpaired) electrons. The first-order valence-corrected chi connectivity index (χ1v) is 2.98. The molecule has 2 nitrogen and oxygen atoms in total. The number of carboxylic acid groups (broad SMARTS) is 1. The highest BCUT2D eigenvalue weighted by molar-refractivity contribution is 6.18. The fraction of sp³-hybridized carbons (Fsp3) is 0.800. The molecule has 0 rings (SSSR count). The summed E-state index contributed by atoms with van der Waals surface area (Å²) in [4.78, 5) is 9.91. The van der Waals surface area contributed by atoms with Crippen LogP contribution in [0.5, 0.6) is 0 Å². The zero-order chi connectivity index (χ0) is 6.57. The van der Waals surface area contributed by atoms with Crippen molar-refractivity contribution in [3.8, 4) is 0 Å². The molecule has 0 heterocycles. The van der Waals surface area contributed by atoms with E-state index in [1.54, 1.807) is 6.92 Å². The van der Waals surface area contributed by atoms with Crippen LogP contribution in [-0.4, -0.2) is 17.0 Å². The van der Waals surface area contributed by atoms with Crippen LogP contribution < -0.4 is 0 Å². The first-order valence-electron chi connectivity index (χ1n) is 2.44. The van der Waals surface area contributed by atoms with E-state index in [9.17, 15) is 4.79 Å². The van der Waals surface area contributed by atoms with E-state index < -0.39 is 5.97 Å². The Labute approximate surface area is 53.5 Å². The molecule has 0 aliphatic heterocycles. The van der Waals surface area contributed by atoms with Gasteiger partial charge in [-0.3, -0.25) is 4.79 Å². The molecule has 0 fully saturated rings. The average molecular weight is 137 g/mol. The molecule has 0 aromatic rings. The molecular weight excluding hydrogens is 128 g/mol. The second-order valence-corrected chi connectivity index (χ2v) is 2.17. The van der Waals surface area contributed by atoms with Crippen LogP contribution >= 0.6 is 11.6 Å². The summed E-state index contributed by atoms with van der Waals surface area (Å²) in [7, 11) is 0. The molecule has 3 heteroatoms. The quantitative estimate of drug-likeness (QED) is 0.595. The topological polar surface area (TPSA) is 37.3 Å². The summed E-state index contributed by atoms with van der Waals surface area (Å²) in [5.41, 5.74) is 0. The number of halogens is 1. The molecule has 1 N–H and O–H groups in total. The second kappa shape index (κ2) is 3.72. The number of alkyl halides is 1. The van der Waals surface area contributed by atoms with Crippen molar-refractivity contribution < 1.29 is 9.90 Å². The van der Waals surface area contributed by atoms with Crippen molar-refractivity contribution >= 4 is 17.6 Å². The van der Waals surface area contributed by atoms with Gasteiger partial charge in [-0.25, -0.2) is 0 Å². The van der Waals surface area contributed by atoms with Crippen LogP contribution in [0.25, 0.3) is 0 Å². The molecule has 48 valence electrons. The maximum absolute atomic E-state index is 9.91. The van der Waals surface area contributed by atoms with Gasteiger partial charge in [-0.1, -0.05) is 6.92 Å². The van der Waals surface area contributed by atoms with Crippen molar-refractivity contribution in [2.24, 2.45) is 5.92 Å². The SMILES string of the molecule is CC(CCl)CC(=O)O. The summed E-state index contributed by atoms with van der Waals surface area (Å²) in [5.74, 6) is -0.265. The Morgan fingerprint density at radius 2 is 2.38 bits per heavy atom. The lowest BCUT2D eigenvalue weighted by molar-refractivity contribution is -0.137. The Bertz CT molecular complexity index is 82.5. The molecule has 0 saturated heterocycles. The molecule has 0 aliphatic rings. The van der Waals surface area contributed by atoms with Crippen molar-refractivity contribution in [1.29, 1.82) is 0 Å². The van der Waals surface area contributed by atoms with Gasteiger partial charge in [-0.2, -0.15) is 0 Å². The number of hydrogen-bond donors (Lipinski definition) is 1. The molecule has 0 aliphatic carbocycles. The molecule has 0 amide bonds. The zero-order valence-electron chi connectivity index (χ0n) is 4.72. The van der Waals surface area contributed by atoms with Crippen LogP contribution in [0.15, 0.2) is 0 Å². The summed E-state index contributed by atoms with van der Waals surface area (Å²) in [6.45, 7) is 1.81. The van der Waals surface area contributed by atoms with E-state index in [0.717, 1.165) is 0 Å². The minimum atomic E-state index is -0.779. The maximum Gasteiger partial charge on any atom is 0.303 e. The van der Waals surface area contributed by atoms with E-state index in [1.165, 1.54) is 0 Å². The third-order valence-electron chi connectivity index (χ3n) is 0.786. The lowest BCUT2D eigenvalue weighted by Crippen LogP contribution is -2.04. The van der Waals surface area contributed by atoms with Gasteiger partial charge in [0.05, 0.1) is 0 Å². The third-order valence-corrected chi connectivity index (χ3v) is 1.31. The van der Waals surface area contributed by atoms with Gasteiger partial charge in [0.1, 0.15) is 0 Å². The van der Waals surface area contributed by atoms with Crippen LogP contribution in [-0.2, 0) is 4.79 Å². The Morgan fingerprint density at radius 3 is 2.50 bits per heavy atom. The third kappa shape index (κ3) is 3.93. The number of carbonyl (C=O) groups is 1. The summed E-state index contributed by atoms with van der Waals surface area (Å²) in [6.07, 6.45) is 0.170. The molecule has 1 unspecified atom stereocenters. The van der Waals surface area contributed by atoms with Crippen molar-refractivity contribution in [3.63, 3.8) is 0 Å². The summed E-state index contributed by atoms with van der Waals surface area (Å²) >= 11 is 5.33. The lowest BCUT2D eigenvalue weighted by Gasteiger charge is -1.99. The largest absolute Gasteiger partial charge is 0.481 e. The van der Waals surface area contributed by atoms with E-state index in [4.69, 9.17) is 16.7 Å². The number of hydrogen-bond acceptors (Lipinski definition) is 1. The molecule has 0 bridgehead atoms. The second-order valence-electron chi connectivity index (χ2n) is 1.86. The Morgan fingerprint density at radius 1 is 1.88 bits per heavy atom. The van der Waals surface area contributed by atoms with Crippen molar-refractivity contribution in [2.45, 2.75) is 13.3 Å². The van der Waals surface area contributed by atoms with Gasteiger partial charge in [0.25, 0.3) is 0 Å². The fourth-order valence-corrected chi connectivity index (χ4v) is 0.462. The maximum atomic E-state index is 9.91. The molecular formula is C5H9ClO2. The Hall–Kier alpha value is -0.240. The monoisotopic (exact) mass is 136 g/mol. The van der Waals surface area contributed by atoms with Gasteiger partial charge in [0.2, 0.25) is 0 Å². The first-order chi connectivity index (χ1) is 3.66. The molecule has 8 heavy (non-hydrogen) atoms. The predicted octanol–water partition coefficient (Wildman–Crippen LogP) is 1.34. The molecule has 1 atom stereocenters. The molecule has 0 spiro atoms. The first kappa shape index (κ1) is 7.76. The van der Waals surface area contributed by atoms with Gasteiger partial charge < -0.3 is 5.11 Å². The fourth-order valence-electron chi connectivity index (χ4n) is 0.353. The van der Waals surface area contributed by atoms with Crippen molar-refractivity contribution in [1.82, 2.24) is 0 Å². The molecule has 0 aromatic heterocycles. The Balaban J connectivity index is 3.24. The number of rotatable bonds is 3. The molecule has 0 saturated carbocycles. The van der Waals surface area contributed by atoms with Crippen molar-refractivity contribution in [2.75, 3.05) is 5.88 Å². The minimum absolute atomic E-state index is 0.0918. The zero-order valence-corrected chi connectivity index (χ0v) is 5.48. The number of carboxylic acids is 1. The van der Waals surface area contributed by atoms with Crippen LogP contribution in [0, 0.1) is 5.92 Å². The number of aliphatic carboxylic acids is 1. The van der Waals surface area contributed by atoms with E-state index in [1.807, 2.05) is 0 Å². The van der Waals surface area contributed by atoms with E-state index in [-0.39, 0.29) is 12.3 Å². The molecule has 0 aromatic carbocycles. The summed E-state index contributed by atoms with van der Waals surface area (Å²) in [5, 5.41) is 8.16. The minimum Gasteiger partial charge on any atom is -0.481 e. The van der Waals surface area contributed by atoms with Crippen LogP contribution in [0.1, 0.15) is 13.3 Å². The lowest BCUT2D eigenvalue weighted by atomic mass is 10.1. The van der Waals surface area contributed by atoms with E-state index >= 15 is 0 Å². The van der Waals surface area contributed by atoms with Crippen LogP contribution in [0.3, 0.4) is 0 Å². The smallest absolute Gasteiger partial charge is 0.303 e. The summed E-state index contributed by atoms with van der Waals surface area (Å²) < 4.78 is 0. The van der Waals surface area contributed by atoms with Gasteiger partial charge >= 0.3 is 5.97 Å². The van der Waals surface area contributed by atoms with Crippen molar-refractivity contribution in [3.05, 3.63) is 0 Å². The van der Waals surface area contributed by atoms with Gasteiger partial charge in [-0.05, 0) is 5.92 Å². The van der Waals surface area contributed by atoms with Gasteiger partial charge in [-0.15, -0.1) is 11.6 Å². The highest BCUT2D eigenvalue weighted by Crippen LogP contribution is 2.02. The highest BCUT2D eigenvalue weighted by atomic mass is 35.5. The van der Waals surface area contributed by atoms with Gasteiger partial charge in [0.15, 0.2) is 0 Å². The Kier molecular flexibility index (Phi) is 3.61. The predicted molar refractivity (Wildman–Crippen MR) is 32.1 cm³/mol. The average Bonchev–Trinajstić information content (AvgIpc) is 1.65. The van der Waals surface area contributed by atoms with E-state index in [0.29, 0.717) is 5.88 Å². The standard InChI is InChI=1S/C5H9ClO2/c1-4(3-6)2-5(7)8/h4H,2-3H2,1H3,(H,7,8). The normalized spacial score (nSPS) is 13.2. The van der Waals surface area contributed by atoms with E-state index in [2.05, 4.69) is 0 Å². The highest BCUT2D eigenvalue weighted by Gasteiger charge is 2.03.